The Bertz CT molecular complexity index is 1120. The van der Waals surface area contributed by atoms with Crippen LogP contribution in [0.5, 0.6) is 0 Å². The summed E-state index contributed by atoms with van der Waals surface area (Å²) in [5.41, 5.74) is 0. The van der Waals surface area contributed by atoms with Crippen LogP contribution in [0.15, 0.2) is 25.3 Å². The standard InChI is InChI=1S/C36H62O17Si2/c1-9-31(39)51-29(35(43)47-17-13-37)25-27(3)33(41)49-21-19-45-15-11-23-54(5,6)53-55(7,8)24-12-16-46-20-22-50-34(42)28(4)26-30(52-32(40)10-2)36(44)48-18-14-38/h9-10,27-30,37-38H,1-2,11-26H2,3-8H3. The molecule has 0 radical (unpaired) electrons. The molecule has 19 heteroatoms. The average Bonchev–Trinajstić information content (AvgIpc) is 3.13. The van der Waals surface area contributed by atoms with Gasteiger partial charge in [-0.2, -0.15) is 0 Å². The van der Waals surface area contributed by atoms with Gasteiger partial charge in [0.15, 0.2) is 28.8 Å². The van der Waals surface area contributed by atoms with Crippen molar-refractivity contribution in [2.24, 2.45) is 11.8 Å². The molecule has 0 heterocycles. The van der Waals surface area contributed by atoms with Gasteiger partial charge in [0, 0.05) is 38.2 Å². The van der Waals surface area contributed by atoms with E-state index in [1.165, 1.54) is 13.8 Å². The highest BCUT2D eigenvalue weighted by atomic mass is 28.4. The lowest BCUT2D eigenvalue weighted by Crippen LogP contribution is -2.44. The van der Waals surface area contributed by atoms with Crippen molar-refractivity contribution in [1.29, 1.82) is 0 Å². The molecule has 4 atom stereocenters. The number of esters is 6. The summed E-state index contributed by atoms with van der Waals surface area (Å²) in [5.74, 6) is -6.21. The van der Waals surface area contributed by atoms with E-state index < -0.39 is 89.7 Å². The first-order valence-electron chi connectivity index (χ1n) is 18.3. The van der Waals surface area contributed by atoms with Gasteiger partial charge >= 0.3 is 35.8 Å². The van der Waals surface area contributed by atoms with Crippen LogP contribution in [0.1, 0.15) is 39.5 Å². The minimum absolute atomic E-state index is 0.0102. The second-order valence-corrected chi connectivity index (χ2v) is 22.6. The molecular formula is C36H62O17Si2. The fourth-order valence-corrected chi connectivity index (χ4v) is 13.8. The van der Waals surface area contributed by atoms with Crippen molar-refractivity contribution >= 4 is 52.5 Å². The van der Waals surface area contributed by atoms with Gasteiger partial charge in [-0.15, -0.1) is 0 Å². The first kappa shape index (κ1) is 51.5. The molecule has 0 aromatic heterocycles. The van der Waals surface area contributed by atoms with Crippen LogP contribution in [0.4, 0.5) is 0 Å². The zero-order valence-corrected chi connectivity index (χ0v) is 35.2. The molecule has 4 unspecified atom stereocenters. The highest BCUT2D eigenvalue weighted by molar-refractivity contribution is 6.84. The van der Waals surface area contributed by atoms with Gasteiger partial charge in [-0.3, -0.25) is 9.59 Å². The molecule has 0 saturated carbocycles. The fourth-order valence-electron chi connectivity index (χ4n) is 5.02. The third kappa shape index (κ3) is 25.3. The third-order valence-electron chi connectivity index (χ3n) is 7.62. The lowest BCUT2D eigenvalue weighted by atomic mass is 10.0. The van der Waals surface area contributed by atoms with Crippen LogP contribution in [-0.4, -0.2) is 141 Å². The Balaban J connectivity index is 4.36. The largest absolute Gasteiger partial charge is 0.463 e. The number of hydrogen-bond donors (Lipinski definition) is 2. The first-order valence-corrected chi connectivity index (χ1v) is 24.5. The van der Waals surface area contributed by atoms with E-state index in [9.17, 15) is 28.8 Å². The Morgan fingerprint density at radius 3 is 1.22 bits per heavy atom. The number of aliphatic hydroxyl groups excluding tert-OH is 2. The molecular weight excluding hydrogens is 761 g/mol. The van der Waals surface area contributed by atoms with Crippen molar-refractivity contribution in [3.63, 3.8) is 0 Å². The van der Waals surface area contributed by atoms with Crippen molar-refractivity contribution in [3.05, 3.63) is 25.3 Å². The maximum absolute atomic E-state index is 12.4. The SMILES string of the molecule is C=CC(=O)OC(CC(C)C(=O)OCCOCCC[Si](C)(C)O[Si](C)(C)CCCOCCOC(=O)C(C)CC(OC(=O)C=C)C(=O)OCCO)C(=O)OCCO. The summed E-state index contributed by atoms with van der Waals surface area (Å²) < 4.78 is 48.1. The van der Waals surface area contributed by atoms with Crippen molar-refractivity contribution < 1.29 is 81.0 Å². The minimum atomic E-state index is -2.00. The van der Waals surface area contributed by atoms with E-state index in [1.54, 1.807) is 0 Å². The van der Waals surface area contributed by atoms with Crippen LogP contribution in [0.3, 0.4) is 0 Å². The predicted octanol–water partition coefficient (Wildman–Crippen LogP) is 2.63. The Hall–Kier alpha value is -3.47. The zero-order chi connectivity index (χ0) is 41.9. The normalized spacial score (nSPS) is 13.7. The molecule has 0 amide bonds. The second-order valence-electron chi connectivity index (χ2n) is 13.7. The van der Waals surface area contributed by atoms with Crippen LogP contribution in [-0.2, 0) is 70.8 Å². The predicted molar refractivity (Wildman–Crippen MR) is 202 cm³/mol. The summed E-state index contributed by atoms with van der Waals surface area (Å²) in [5, 5.41) is 17.7. The van der Waals surface area contributed by atoms with Gasteiger partial charge in [-0.25, -0.2) is 19.2 Å². The molecule has 0 bridgehead atoms. The minimum Gasteiger partial charge on any atom is -0.463 e. The second kappa shape index (κ2) is 28.9. The lowest BCUT2D eigenvalue weighted by molar-refractivity contribution is -0.168. The lowest BCUT2D eigenvalue weighted by Gasteiger charge is -2.34. The molecule has 0 rings (SSSR count). The number of ether oxygens (including phenoxy) is 8. The summed E-state index contributed by atoms with van der Waals surface area (Å²) in [6, 6.07) is 1.75. The molecule has 0 aromatic carbocycles. The Kier molecular flexibility index (Phi) is 27.1. The molecule has 0 aliphatic rings. The maximum atomic E-state index is 12.4. The highest BCUT2D eigenvalue weighted by Gasteiger charge is 2.33. The van der Waals surface area contributed by atoms with E-state index in [4.69, 9.17) is 52.2 Å². The Morgan fingerprint density at radius 2 is 0.891 bits per heavy atom. The van der Waals surface area contributed by atoms with Gasteiger partial charge in [-0.1, -0.05) is 27.0 Å². The number of hydrogen-bond acceptors (Lipinski definition) is 17. The van der Waals surface area contributed by atoms with Crippen LogP contribution in [0.2, 0.25) is 38.3 Å². The number of rotatable bonds is 32. The van der Waals surface area contributed by atoms with Crippen LogP contribution < -0.4 is 0 Å². The Morgan fingerprint density at radius 1 is 0.545 bits per heavy atom. The van der Waals surface area contributed by atoms with Gasteiger partial charge in [0.05, 0.1) is 38.3 Å². The molecule has 0 aromatic rings. The van der Waals surface area contributed by atoms with E-state index in [2.05, 4.69) is 39.3 Å². The van der Waals surface area contributed by atoms with Crippen molar-refractivity contribution in [3.8, 4) is 0 Å². The summed E-state index contributed by atoms with van der Waals surface area (Å²) in [7, 11) is -4.00. The molecule has 0 spiro atoms. The van der Waals surface area contributed by atoms with Crippen LogP contribution in [0, 0.1) is 11.8 Å². The topological polar surface area (TPSA) is 226 Å². The van der Waals surface area contributed by atoms with E-state index >= 15 is 0 Å². The zero-order valence-electron chi connectivity index (χ0n) is 33.2. The fraction of sp³-hybridized carbons (Fsp3) is 0.722. The number of carbonyl (C=O) groups is 6. The molecule has 0 fully saturated rings. The molecule has 17 nitrogen and oxygen atoms in total. The molecule has 2 N–H and O–H groups in total. The quantitative estimate of drug-likeness (QED) is 0.0327. The molecule has 55 heavy (non-hydrogen) atoms. The van der Waals surface area contributed by atoms with Crippen molar-refractivity contribution in [2.45, 2.75) is 90.0 Å². The third-order valence-corrected chi connectivity index (χ3v) is 15.2. The molecule has 0 aliphatic heterocycles. The van der Waals surface area contributed by atoms with Gasteiger partial charge < -0.3 is 52.2 Å². The summed E-state index contributed by atoms with van der Waals surface area (Å²) >= 11 is 0. The maximum Gasteiger partial charge on any atom is 0.347 e. The van der Waals surface area contributed by atoms with Gasteiger partial charge in [-0.05, 0) is 51.1 Å². The van der Waals surface area contributed by atoms with Crippen molar-refractivity contribution in [2.75, 3.05) is 66.1 Å². The summed E-state index contributed by atoms with van der Waals surface area (Å²) in [6.45, 7) is 18.3. The molecule has 0 saturated heterocycles. The molecule has 0 aliphatic carbocycles. The number of aliphatic hydroxyl groups is 2. The smallest absolute Gasteiger partial charge is 0.347 e. The summed E-state index contributed by atoms with van der Waals surface area (Å²) in [4.78, 5) is 72.3. The summed E-state index contributed by atoms with van der Waals surface area (Å²) in [6.07, 6.45) is 0.300. The van der Waals surface area contributed by atoms with Gasteiger partial charge in [0.1, 0.15) is 26.4 Å². The average molecular weight is 823 g/mol. The van der Waals surface area contributed by atoms with E-state index in [-0.39, 0.29) is 52.5 Å². The van der Waals surface area contributed by atoms with Gasteiger partial charge in [0.2, 0.25) is 0 Å². The number of carbonyl (C=O) groups excluding carboxylic acids is 6. The van der Waals surface area contributed by atoms with E-state index in [0.29, 0.717) is 13.2 Å². The van der Waals surface area contributed by atoms with Crippen LogP contribution >= 0.6 is 0 Å². The van der Waals surface area contributed by atoms with Crippen molar-refractivity contribution in [1.82, 2.24) is 0 Å². The molecule has 316 valence electrons. The Labute approximate surface area is 326 Å². The van der Waals surface area contributed by atoms with E-state index in [0.717, 1.165) is 37.1 Å². The van der Waals surface area contributed by atoms with Gasteiger partial charge in [0.25, 0.3) is 0 Å². The van der Waals surface area contributed by atoms with Crippen LogP contribution in [0.25, 0.3) is 0 Å². The van der Waals surface area contributed by atoms with E-state index in [1.807, 2.05) is 0 Å². The monoisotopic (exact) mass is 822 g/mol. The highest BCUT2D eigenvalue weighted by Crippen LogP contribution is 2.24. The first-order chi connectivity index (χ1) is 25.9.